The van der Waals surface area contributed by atoms with Crippen molar-refractivity contribution in [2.45, 2.75) is 26.2 Å². The molecule has 326 valence electrons. The largest absolute Gasteiger partial charge is 0.306 e. The second-order valence-electron chi connectivity index (χ2n) is 18.9. The van der Waals surface area contributed by atoms with Crippen LogP contribution in [0, 0.1) is 19.1 Å². The minimum atomic E-state index is -0.290. The molecule has 0 atom stereocenters. The first-order chi connectivity index (χ1) is 33.9. The lowest BCUT2D eigenvalue weighted by Crippen LogP contribution is -2.24. The molecule has 3 heterocycles. The van der Waals surface area contributed by atoms with Crippen molar-refractivity contribution < 1.29 is 0 Å². The summed E-state index contributed by atoms with van der Waals surface area (Å²) in [6.07, 6.45) is 0. The second kappa shape index (κ2) is 14.8. The summed E-state index contributed by atoms with van der Waals surface area (Å²) in [6, 6.07) is 86.8. The van der Waals surface area contributed by atoms with Crippen LogP contribution in [0.1, 0.15) is 30.5 Å². The lowest BCUT2D eigenvalue weighted by Gasteiger charge is -2.40. The van der Waals surface area contributed by atoms with Gasteiger partial charge in [-0.2, -0.15) is 0 Å². The predicted molar refractivity (Wildman–Crippen MR) is 287 cm³/mol. The predicted octanol–water partition coefficient (Wildman–Crippen LogP) is 17.5. The summed E-state index contributed by atoms with van der Waals surface area (Å²) in [5, 5.41) is 2.40. The van der Waals surface area contributed by atoms with Gasteiger partial charge in [0.2, 0.25) is 0 Å². The Hall–Kier alpha value is -8.98. The van der Waals surface area contributed by atoms with Gasteiger partial charge in [0.15, 0.2) is 0 Å². The quantitative estimate of drug-likeness (QED) is 0.171. The van der Waals surface area contributed by atoms with Crippen LogP contribution in [0.15, 0.2) is 218 Å². The van der Waals surface area contributed by atoms with E-state index in [2.05, 4.69) is 275 Å². The van der Waals surface area contributed by atoms with Crippen molar-refractivity contribution in [2.24, 2.45) is 0 Å². The maximum atomic E-state index is 3.54. The van der Waals surface area contributed by atoms with E-state index in [1.165, 1.54) is 33.0 Å². The van der Waals surface area contributed by atoms with Crippen molar-refractivity contribution in [3.05, 3.63) is 247 Å². The minimum absolute atomic E-state index is 0.290. The lowest BCUT2D eigenvalue weighted by atomic mass is 9.81. The molecule has 0 bridgehead atoms. The van der Waals surface area contributed by atoms with Crippen LogP contribution in [0.2, 0.25) is 0 Å². The van der Waals surface area contributed by atoms with Crippen LogP contribution in [-0.2, 0) is 5.41 Å². The Morgan fingerprint density at radius 2 is 0.754 bits per heavy atom. The highest BCUT2D eigenvalue weighted by Crippen LogP contribution is 2.58. The van der Waals surface area contributed by atoms with Crippen molar-refractivity contribution in [1.29, 1.82) is 0 Å². The summed E-state index contributed by atoms with van der Waals surface area (Å²) < 4.78 is 2.39. The zero-order valence-electron chi connectivity index (χ0n) is 38.5. The Labute approximate surface area is 402 Å². The zero-order valence-corrected chi connectivity index (χ0v) is 38.5. The fourth-order valence-corrected chi connectivity index (χ4v) is 11.5. The van der Waals surface area contributed by atoms with Gasteiger partial charge in [-0.3, -0.25) is 0 Å². The lowest BCUT2D eigenvalue weighted by molar-refractivity contribution is 0.661. The average Bonchev–Trinajstić information content (AvgIpc) is 3.83. The van der Waals surface area contributed by atoms with Gasteiger partial charge in [-0.05, 0) is 168 Å². The highest BCUT2D eigenvalue weighted by atomic mass is 15.3. The minimum Gasteiger partial charge on any atom is -0.306 e. The SMILES string of the molecule is Cc1c#cc(-n2c3ccc(N4c5ccccc5N(c5ccccc5)c5ccccc54)cc3c3cc4c(cc32)-c2ccc(N3c5ccccc5N(c5ccccc5)c5ccccc53)cc2C4(C)C)cc1. The van der Waals surface area contributed by atoms with Crippen LogP contribution in [0.25, 0.3) is 38.6 Å². The number of para-hydroxylation sites is 10. The highest BCUT2D eigenvalue weighted by molar-refractivity contribution is 6.14. The molecule has 0 saturated carbocycles. The molecule has 11 aromatic rings. The molecule has 1 aliphatic carbocycles. The van der Waals surface area contributed by atoms with Gasteiger partial charge in [0.1, 0.15) is 0 Å². The van der Waals surface area contributed by atoms with E-state index in [1.54, 1.807) is 0 Å². The molecule has 69 heavy (non-hydrogen) atoms. The fourth-order valence-electron chi connectivity index (χ4n) is 11.5. The Bertz CT molecular complexity index is 3760. The molecule has 2 aliphatic heterocycles. The van der Waals surface area contributed by atoms with Crippen molar-refractivity contribution in [3.63, 3.8) is 0 Å². The number of hydrogen-bond acceptors (Lipinski definition) is 4. The number of aryl methyl sites for hydroxylation is 1. The number of benzene rings is 9. The van der Waals surface area contributed by atoms with Crippen LogP contribution >= 0.6 is 0 Å². The summed E-state index contributed by atoms with van der Waals surface area (Å²) >= 11 is 0. The first-order valence-corrected chi connectivity index (χ1v) is 23.8. The molecule has 1 aromatic heterocycles. The number of fused-ring (bicyclic) bond motifs is 10. The molecule has 10 aromatic carbocycles. The number of anilines is 12. The molecule has 3 aliphatic rings. The zero-order chi connectivity index (χ0) is 46.0. The van der Waals surface area contributed by atoms with Crippen LogP contribution in [-0.4, -0.2) is 4.57 Å². The maximum absolute atomic E-state index is 3.54. The molecule has 0 amide bonds. The van der Waals surface area contributed by atoms with Crippen molar-refractivity contribution >= 4 is 90.1 Å². The van der Waals surface area contributed by atoms with Gasteiger partial charge >= 0.3 is 0 Å². The third-order valence-corrected chi connectivity index (χ3v) is 14.6. The third kappa shape index (κ3) is 5.73. The molecular weight excluding hydrogens is 839 g/mol. The topological polar surface area (TPSA) is 17.9 Å². The van der Waals surface area contributed by atoms with E-state index in [0.29, 0.717) is 0 Å². The number of rotatable bonds is 5. The fraction of sp³-hybridized carbons (Fsp3) is 0.0625. The molecule has 0 fully saturated rings. The van der Waals surface area contributed by atoms with Gasteiger partial charge in [-0.1, -0.05) is 111 Å². The molecule has 14 rings (SSSR count). The van der Waals surface area contributed by atoms with Gasteiger partial charge in [-0.25, -0.2) is 0 Å². The summed E-state index contributed by atoms with van der Waals surface area (Å²) in [7, 11) is 0. The van der Waals surface area contributed by atoms with Gasteiger partial charge in [0.25, 0.3) is 0 Å². The summed E-state index contributed by atoms with van der Waals surface area (Å²) in [6.45, 7) is 6.87. The molecule has 0 saturated heterocycles. The van der Waals surface area contributed by atoms with E-state index in [1.807, 2.05) is 0 Å². The average molecular weight is 884 g/mol. The first-order valence-electron chi connectivity index (χ1n) is 23.8. The molecular formula is C64H45N5. The van der Waals surface area contributed by atoms with Crippen LogP contribution < -0.4 is 19.6 Å². The Morgan fingerprint density at radius 3 is 1.23 bits per heavy atom. The van der Waals surface area contributed by atoms with E-state index in [-0.39, 0.29) is 5.41 Å². The highest BCUT2D eigenvalue weighted by Gasteiger charge is 2.39. The normalized spacial score (nSPS) is 13.9. The van der Waals surface area contributed by atoms with E-state index >= 15 is 0 Å². The molecule has 0 radical (unpaired) electrons. The third-order valence-electron chi connectivity index (χ3n) is 14.6. The molecule has 5 nitrogen and oxygen atoms in total. The number of aromatic nitrogens is 1. The van der Waals surface area contributed by atoms with Crippen molar-refractivity contribution in [3.8, 4) is 16.8 Å². The Kier molecular flexibility index (Phi) is 8.39. The van der Waals surface area contributed by atoms with E-state index < -0.39 is 0 Å². The van der Waals surface area contributed by atoms with Gasteiger partial charge < -0.3 is 24.2 Å². The molecule has 0 unspecified atom stereocenters. The van der Waals surface area contributed by atoms with Gasteiger partial charge in [0.05, 0.1) is 62.2 Å². The van der Waals surface area contributed by atoms with Crippen LogP contribution in [0.3, 0.4) is 0 Å². The van der Waals surface area contributed by atoms with Crippen LogP contribution in [0.4, 0.5) is 68.2 Å². The van der Waals surface area contributed by atoms with Gasteiger partial charge in [-0.15, -0.1) is 0 Å². The van der Waals surface area contributed by atoms with Gasteiger partial charge in [0, 0.05) is 38.9 Å². The maximum Gasteiger partial charge on any atom is 0.0974 e. The Balaban J connectivity index is 0.944. The second-order valence-corrected chi connectivity index (χ2v) is 18.9. The monoisotopic (exact) mass is 883 g/mol. The summed E-state index contributed by atoms with van der Waals surface area (Å²) in [5.41, 5.74) is 22.9. The Morgan fingerprint density at radius 1 is 0.333 bits per heavy atom. The first kappa shape index (κ1) is 39.2. The van der Waals surface area contributed by atoms with E-state index in [0.717, 1.165) is 90.5 Å². The molecule has 0 spiro atoms. The molecule has 5 heteroatoms. The summed E-state index contributed by atoms with van der Waals surface area (Å²) in [5.74, 6) is 0. The standard InChI is InChI=1S/C64H45N5/c1-42-30-32-45(33-31-42)65-54-37-35-46(68-59-26-14-10-22-55(59)66(43-18-6-4-7-19-43)56-23-11-15-27-60(56)68)38-50(54)51-40-53-49(41-63(51)65)48-36-34-47(39-52(48)64(53,2)3)69-61-28-16-12-24-57(61)67(44-20-8-5-9-21-44)58-25-13-17-29-62(58)69/h4-30,32,34-41H,1-3H3. The molecule has 0 N–H and O–H groups in total. The summed E-state index contributed by atoms with van der Waals surface area (Å²) in [4.78, 5) is 9.65. The van der Waals surface area contributed by atoms with E-state index in [4.69, 9.17) is 0 Å². The van der Waals surface area contributed by atoms with Crippen molar-refractivity contribution in [1.82, 2.24) is 4.57 Å². The smallest absolute Gasteiger partial charge is 0.0974 e. The number of nitrogens with zero attached hydrogens (tertiary/aromatic N) is 5. The number of hydrogen-bond donors (Lipinski definition) is 0. The van der Waals surface area contributed by atoms with Crippen molar-refractivity contribution in [2.75, 3.05) is 19.6 Å². The van der Waals surface area contributed by atoms with E-state index in [9.17, 15) is 0 Å². The van der Waals surface area contributed by atoms with Crippen LogP contribution in [0.5, 0.6) is 0 Å².